The van der Waals surface area contributed by atoms with Gasteiger partial charge in [0.25, 0.3) is 0 Å². The number of hydrogen-bond acceptors (Lipinski definition) is 5. The molecule has 1 saturated heterocycles. The van der Waals surface area contributed by atoms with Gasteiger partial charge in [-0.05, 0) is 24.3 Å². The van der Waals surface area contributed by atoms with Gasteiger partial charge in [0.05, 0.1) is 23.9 Å². The van der Waals surface area contributed by atoms with Gasteiger partial charge in [0, 0.05) is 37.8 Å². The second-order valence-electron chi connectivity index (χ2n) is 6.75. The second kappa shape index (κ2) is 8.54. The zero-order valence-electron chi connectivity index (χ0n) is 15.9. The topological polar surface area (TPSA) is 45.7 Å². The maximum atomic E-state index is 12.5. The number of methoxy groups -OCH3 is 1. The Labute approximate surface area is 168 Å². The third-order valence-corrected chi connectivity index (χ3v) is 5.95. The smallest absolute Gasteiger partial charge is 0.246 e. The maximum absolute atomic E-state index is 12.5. The number of para-hydroxylation sites is 2. The molecular formula is C22H23N3O2S. The van der Waals surface area contributed by atoms with Gasteiger partial charge in [-0.15, -0.1) is 11.3 Å². The standard InChI is InChI=1S/C22H23N3O2S/c1-27-19-8-4-2-6-17(19)10-11-22(26)25-14-12-24(13-15-25)16-21-23-18-7-3-5-9-20(18)28-21/h2-11H,12-16H2,1H3. The molecule has 1 amide bonds. The van der Waals surface area contributed by atoms with Crippen molar-refractivity contribution in [2.75, 3.05) is 33.3 Å². The highest BCUT2D eigenvalue weighted by Crippen LogP contribution is 2.23. The van der Waals surface area contributed by atoms with Crippen LogP contribution in [0.4, 0.5) is 0 Å². The summed E-state index contributed by atoms with van der Waals surface area (Å²) >= 11 is 1.75. The lowest BCUT2D eigenvalue weighted by atomic mass is 10.2. The number of benzene rings is 2. The summed E-state index contributed by atoms with van der Waals surface area (Å²) in [5, 5.41) is 1.14. The van der Waals surface area contributed by atoms with E-state index in [1.165, 1.54) is 4.70 Å². The van der Waals surface area contributed by atoms with Crippen molar-refractivity contribution in [3.63, 3.8) is 0 Å². The highest BCUT2D eigenvalue weighted by Gasteiger charge is 2.20. The molecule has 1 aliphatic rings. The van der Waals surface area contributed by atoms with Gasteiger partial charge in [-0.25, -0.2) is 4.98 Å². The summed E-state index contributed by atoms with van der Waals surface area (Å²) in [7, 11) is 1.64. The van der Waals surface area contributed by atoms with Gasteiger partial charge in [0.2, 0.25) is 5.91 Å². The highest BCUT2D eigenvalue weighted by atomic mass is 32.1. The van der Waals surface area contributed by atoms with Gasteiger partial charge in [0.15, 0.2) is 0 Å². The fourth-order valence-electron chi connectivity index (χ4n) is 3.38. The summed E-state index contributed by atoms with van der Waals surface area (Å²) in [4.78, 5) is 21.5. The molecule has 1 aromatic heterocycles. The van der Waals surface area contributed by atoms with Gasteiger partial charge in [-0.1, -0.05) is 30.3 Å². The van der Waals surface area contributed by atoms with Gasteiger partial charge in [-0.2, -0.15) is 0 Å². The largest absolute Gasteiger partial charge is 0.496 e. The van der Waals surface area contributed by atoms with Gasteiger partial charge >= 0.3 is 0 Å². The van der Waals surface area contributed by atoms with Crippen LogP contribution in [0.2, 0.25) is 0 Å². The number of fused-ring (bicyclic) bond motifs is 1. The van der Waals surface area contributed by atoms with Crippen molar-refractivity contribution < 1.29 is 9.53 Å². The van der Waals surface area contributed by atoms with Crippen LogP contribution in [0.5, 0.6) is 5.75 Å². The van der Waals surface area contributed by atoms with E-state index in [0.29, 0.717) is 0 Å². The lowest BCUT2D eigenvalue weighted by Crippen LogP contribution is -2.47. The predicted molar refractivity (Wildman–Crippen MR) is 114 cm³/mol. The Morgan fingerprint density at radius 1 is 1.11 bits per heavy atom. The average Bonchev–Trinajstić information content (AvgIpc) is 3.15. The third-order valence-electron chi connectivity index (χ3n) is 4.93. The molecule has 0 unspecified atom stereocenters. The van der Waals surface area contributed by atoms with Crippen molar-refractivity contribution in [2.45, 2.75) is 6.54 Å². The summed E-state index contributed by atoms with van der Waals surface area (Å²) in [6, 6.07) is 15.9. The number of carbonyl (C=O) groups excluding carboxylic acids is 1. The van der Waals surface area contributed by atoms with Crippen molar-refractivity contribution >= 4 is 33.5 Å². The minimum absolute atomic E-state index is 0.0468. The van der Waals surface area contributed by atoms with E-state index in [0.717, 1.165) is 54.6 Å². The Hall–Kier alpha value is -2.70. The van der Waals surface area contributed by atoms with Crippen LogP contribution in [0.15, 0.2) is 54.6 Å². The first-order valence-electron chi connectivity index (χ1n) is 9.40. The van der Waals surface area contributed by atoms with Crippen molar-refractivity contribution in [1.82, 2.24) is 14.8 Å². The van der Waals surface area contributed by atoms with Crippen LogP contribution in [-0.2, 0) is 11.3 Å². The van der Waals surface area contributed by atoms with Crippen LogP contribution in [0, 0.1) is 0 Å². The number of hydrogen-bond donors (Lipinski definition) is 0. The van der Waals surface area contributed by atoms with Crippen LogP contribution < -0.4 is 4.74 Å². The molecule has 6 heteroatoms. The maximum Gasteiger partial charge on any atom is 0.246 e. The van der Waals surface area contributed by atoms with Crippen LogP contribution in [-0.4, -0.2) is 54.0 Å². The molecule has 28 heavy (non-hydrogen) atoms. The fraction of sp³-hybridized carbons (Fsp3) is 0.273. The molecule has 1 aliphatic heterocycles. The minimum Gasteiger partial charge on any atom is -0.496 e. The quantitative estimate of drug-likeness (QED) is 0.621. The fourth-order valence-corrected chi connectivity index (χ4v) is 4.39. The van der Waals surface area contributed by atoms with Crippen LogP contribution >= 0.6 is 11.3 Å². The molecule has 3 aromatic rings. The van der Waals surface area contributed by atoms with E-state index in [2.05, 4.69) is 17.0 Å². The normalized spacial score (nSPS) is 15.4. The van der Waals surface area contributed by atoms with Gasteiger partial charge < -0.3 is 9.64 Å². The average molecular weight is 394 g/mol. The van der Waals surface area contributed by atoms with Crippen molar-refractivity contribution in [3.8, 4) is 5.75 Å². The van der Waals surface area contributed by atoms with Crippen molar-refractivity contribution in [1.29, 1.82) is 0 Å². The SMILES string of the molecule is COc1ccccc1C=CC(=O)N1CCN(Cc2nc3ccccc3s2)CC1. The van der Waals surface area contributed by atoms with Crippen LogP contribution in [0.1, 0.15) is 10.6 Å². The summed E-state index contributed by atoms with van der Waals surface area (Å²) in [5.41, 5.74) is 1.98. The zero-order chi connectivity index (χ0) is 19.3. The minimum atomic E-state index is 0.0468. The van der Waals surface area contributed by atoms with E-state index in [1.54, 1.807) is 24.5 Å². The number of ether oxygens (including phenoxy) is 1. The predicted octanol–water partition coefficient (Wildman–Crippen LogP) is 3.66. The van der Waals surface area contributed by atoms with E-state index >= 15 is 0 Å². The van der Waals surface area contributed by atoms with E-state index in [9.17, 15) is 4.79 Å². The third kappa shape index (κ3) is 4.24. The Bertz CT molecular complexity index is 957. The Morgan fingerprint density at radius 2 is 1.86 bits per heavy atom. The van der Waals surface area contributed by atoms with Crippen molar-refractivity contribution in [2.24, 2.45) is 0 Å². The molecule has 0 saturated carbocycles. The molecule has 0 radical (unpaired) electrons. The van der Waals surface area contributed by atoms with E-state index in [-0.39, 0.29) is 5.91 Å². The summed E-state index contributed by atoms with van der Waals surface area (Å²) in [6.07, 6.45) is 3.47. The van der Waals surface area contributed by atoms with Gasteiger partial charge in [0.1, 0.15) is 10.8 Å². The molecule has 2 heterocycles. The number of carbonyl (C=O) groups is 1. The summed E-state index contributed by atoms with van der Waals surface area (Å²) < 4.78 is 6.56. The number of amides is 1. The van der Waals surface area contributed by atoms with Gasteiger partial charge in [-0.3, -0.25) is 9.69 Å². The molecule has 0 N–H and O–H groups in total. The molecule has 2 aromatic carbocycles. The first-order valence-corrected chi connectivity index (χ1v) is 10.2. The van der Waals surface area contributed by atoms with Crippen LogP contribution in [0.3, 0.4) is 0 Å². The first-order chi connectivity index (χ1) is 13.7. The molecule has 0 aliphatic carbocycles. The molecule has 144 valence electrons. The molecule has 5 nitrogen and oxygen atoms in total. The van der Waals surface area contributed by atoms with Crippen molar-refractivity contribution in [3.05, 3.63) is 65.2 Å². The molecule has 0 atom stereocenters. The summed E-state index contributed by atoms with van der Waals surface area (Å²) in [5.74, 6) is 0.817. The lowest BCUT2D eigenvalue weighted by molar-refractivity contribution is -0.127. The number of nitrogens with zero attached hydrogens (tertiary/aromatic N) is 3. The molecular weight excluding hydrogens is 370 g/mol. The van der Waals surface area contributed by atoms with Crippen LogP contribution in [0.25, 0.3) is 16.3 Å². The van der Waals surface area contributed by atoms with E-state index < -0.39 is 0 Å². The molecule has 1 fully saturated rings. The second-order valence-corrected chi connectivity index (χ2v) is 7.87. The number of aromatic nitrogens is 1. The molecule has 0 bridgehead atoms. The summed E-state index contributed by atoms with van der Waals surface area (Å²) in [6.45, 7) is 4.05. The van der Waals surface area contributed by atoms with E-state index in [1.807, 2.05) is 47.4 Å². The highest BCUT2D eigenvalue weighted by molar-refractivity contribution is 7.18. The molecule has 4 rings (SSSR count). The Balaban J connectivity index is 1.32. The lowest BCUT2D eigenvalue weighted by Gasteiger charge is -2.33. The number of rotatable bonds is 5. The zero-order valence-corrected chi connectivity index (χ0v) is 16.7. The number of thiazole rings is 1. The first kappa shape index (κ1) is 18.7. The Kier molecular flexibility index (Phi) is 5.69. The Morgan fingerprint density at radius 3 is 2.64 bits per heavy atom. The monoisotopic (exact) mass is 393 g/mol. The number of piperazine rings is 1. The molecule has 0 spiro atoms. The van der Waals surface area contributed by atoms with E-state index in [4.69, 9.17) is 9.72 Å².